The molecule has 0 N–H and O–H groups in total. The molecule has 2 aromatic heterocycles. The van der Waals surface area contributed by atoms with E-state index in [2.05, 4.69) is 10.2 Å². The second kappa shape index (κ2) is 7.06. The lowest BCUT2D eigenvalue weighted by molar-refractivity contribution is 0.0766. The Bertz CT molecular complexity index is 1010. The van der Waals surface area contributed by atoms with Gasteiger partial charge < -0.3 is 14.1 Å². The minimum atomic E-state index is -0.451. The summed E-state index contributed by atoms with van der Waals surface area (Å²) in [5.74, 6) is 0.756. The Morgan fingerprint density at radius 3 is 2.85 bits per heavy atom. The average Bonchev–Trinajstić information content (AvgIpc) is 3.31. The summed E-state index contributed by atoms with van der Waals surface area (Å²) >= 11 is 0. The summed E-state index contributed by atoms with van der Waals surface area (Å²) in [6.45, 7) is 2.67. The van der Waals surface area contributed by atoms with Crippen LogP contribution in [0.25, 0.3) is 5.69 Å². The number of carbonyl (C=O) groups is 1. The van der Waals surface area contributed by atoms with Crippen molar-refractivity contribution >= 4 is 5.91 Å². The molecule has 1 aliphatic rings. The lowest BCUT2D eigenvalue weighted by atomic mass is 10.3. The van der Waals surface area contributed by atoms with Crippen molar-refractivity contribution < 1.29 is 13.9 Å². The van der Waals surface area contributed by atoms with Gasteiger partial charge in [-0.15, -0.1) is 5.10 Å². The van der Waals surface area contributed by atoms with Gasteiger partial charge in [-0.2, -0.15) is 9.90 Å². The van der Waals surface area contributed by atoms with Gasteiger partial charge in [0, 0.05) is 19.0 Å². The highest BCUT2D eigenvalue weighted by atomic mass is 16.5. The molecule has 3 heterocycles. The van der Waals surface area contributed by atoms with Crippen LogP contribution in [0.1, 0.15) is 22.7 Å². The first-order valence-corrected chi connectivity index (χ1v) is 8.64. The smallest absolute Gasteiger partial charge is 0.339 e. The van der Waals surface area contributed by atoms with Crippen LogP contribution < -0.4 is 10.4 Å². The van der Waals surface area contributed by atoms with E-state index in [1.807, 2.05) is 30.3 Å². The van der Waals surface area contributed by atoms with Crippen molar-refractivity contribution in [2.45, 2.75) is 19.4 Å². The molecule has 27 heavy (non-hydrogen) atoms. The number of amides is 1. The summed E-state index contributed by atoms with van der Waals surface area (Å²) in [5.41, 5.74) is 0.626. The van der Waals surface area contributed by atoms with Crippen molar-refractivity contribution in [2.75, 3.05) is 13.1 Å². The number of benzene rings is 1. The second-order valence-electron chi connectivity index (χ2n) is 6.36. The van der Waals surface area contributed by atoms with Crippen LogP contribution in [0.15, 0.2) is 57.9 Å². The largest absolute Gasteiger partial charge is 0.488 e. The molecule has 138 valence electrons. The summed E-state index contributed by atoms with van der Waals surface area (Å²) in [7, 11) is 0. The number of aromatic nitrogens is 3. The van der Waals surface area contributed by atoms with E-state index in [1.165, 1.54) is 17.1 Å². The highest BCUT2D eigenvalue weighted by Crippen LogP contribution is 2.19. The number of rotatable bonds is 4. The fraction of sp³-hybridized carbons (Fsp3) is 0.263. The number of hydrogen-bond donors (Lipinski definition) is 0. The lowest BCUT2D eigenvalue weighted by Crippen LogP contribution is -2.31. The van der Waals surface area contributed by atoms with E-state index < -0.39 is 5.63 Å². The van der Waals surface area contributed by atoms with Crippen LogP contribution in [0.3, 0.4) is 0 Å². The summed E-state index contributed by atoms with van der Waals surface area (Å²) in [5, 5.41) is 8.44. The molecule has 1 atom stereocenters. The molecule has 4 rings (SSSR count). The number of para-hydroxylation sites is 1. The number of likely N-dealkylation sites (tertiary alicyclic amines) is 1. The van der Waals surface area contributed by atoms with Gasteiger partial charge in [-0.3, -0.25) is 4.79 Å². The molecule has 1 aliphatic heterocycles. The zero-order chi connectivity index (χ0) is 18.8. The molecule has 0 saturated carbocycles. The maximum atomic E-state index is 12.7. The third kappa shape index (κ3) is 3.74. The van der Waals surface area contributed by atoms with Crippen molar-refractivity contribution in [3.05, 3.63) is 70.5 Å². The van der Waals surface area contributed by atoms with Gasteiger partial charge in [0.15, 0.2) is 5.69 Å². The molecule has 0 aliphatic carbocycles. The van der Waals surface area contributed by atoms with Crippen LogP contribution in [0, 0.1) is 6.92 Å². The van der Waals surface area contributed by atoms with Crippen LogP contribution in [0.2, 0.25) is 0 Å². The number of hydrogen-bond acceptors (Lipinski definition) is 6. The van der Waals surface area contributed by atoms with E-state index >= 15 is 0 Å². The summed E-state index contributed by atoms with van der Waals surface area (Å²) in [6, 6.07) is 12.4. The summed E-state index contributed by atoms with van der Waals surface area (Å²) in [4.78, 5) is 27.2. The van der Waals surface area contributed by atoms with Gasteiger partial charge in [-0.25, -0.2) is 4.79 Å². The van der Waals surface area contributed by atoms with E-state index in [0.717, 1.165) is 5.69 Å². The Labute approximate surface area is 155 Å². The summed E-state index contributed by atoms with van der Waals surface area (Å²) in [6.07, 6.45) is 1.96. The van der Waals surface area contributed by atoms with Crippen LogP contribution in [-0.2, 0) is 0 Å². The number of aryl methyl sites for hydroxylation is 1. The monoisotopic (exact) mass is 366 g/mol. The molecule has 1 amide bonds. The van der Waals surface area contributed by atoms with E-state index in [-0.39, 0.29) is 17.7 Å². The van der Waals surface area contributed by atoms with Gasteiger partial charge in [0.1, 0.15) is 17.6 Å². The first kappa shape index (κ1) is 17.0. The first-order chi connectivity index (χ1) is 13.1. The molecular weight excluding hydrogens is 348 g/mol. The van der Waals surface area contributed by atoms with Gasteiger partial charge in [-0.05, 0) is 19.1 Å². The minimum absolute atomic E-state index is 0.181. The Morgan fingerprint density at radius 2 is 2.07 bits per heavy atom. The predicted molar refractivity (Wildman–Crippen MR) is 96.0 cm³/mol. The van der Waals surface area contributed by atoms with Crippen LogP contribution in [-0.4, -0.2) is 45.0 Å². The molecular formula is C19H18N4O4. The standard InChI is InChI=1S/C19H18N4O4/c1-13-9-16(10-18(24)26-13)27-15-7-8-22(12-15)19(25)17-11-20-23(21-17)14-5-3-2-4-6-14/h2-6,9-11,15H,7-8,12H2,1H3/t15-/m1/s1. The molecule has 1 saturated heterocycles. The fourth-order valence-corrected chi connectivity index (χ4v) is 3.05. The third-order valence-corrected chi connectivity index (χ3v) is 4.30. The third-order valence-electron chi connectivity index (χ3n) is 4.30. The zero-order valence-corrected chi connectivity index (χ0v) is 14.7. The highest BCUT2D eigenvalue weighted by Gasteiger charge is 2.30. The Morgan fingerprint density at radius 1 is 1.26 bits per heavy atom. The molecule has 0 radical (unpaired) electrons. The number of nitrogens with zero attached hydrogens (tertiary/aromatic N) is 4. The van der Waals surface area contributed by atoms with Gasteiger partial charge in [-0.1, -0.05) is 18.2 Å². The van der Waals surface area contributed by atoms with E-state index in [1.54, 1.807) is 17.9 Å². The molecule has 8 nitrogen and oxygen atoms in total. The maximum absolute atomic E-state index is 12.7. The van der Waals surface area contributed by atoms with Gasteiger partial charge in [0.2, 0.25) is 0 Å². The molecule has 1 aromatic carbocycles. The molecule has 1 fully saturated rings. The molecule has 3 aromatic rings. The predicted octanol–water partition coefficient (Wildman–Crippen LogP) is 1.82. The SMILES string of the molecule is Cc1cc(O[C@@H]2CCN(C(=O)c3cnn(-c4ccccc4)n3)C2)cc(=O)o1. The van der Waals surface area contributed by atoms with Crippen LogP contribution in [0.4, 0.5) is 0 Å². The maximum Gasteiger partial charge on any atom is 0.339 e. The number of ether oxygens (including phenoxy) is 1. The molecule has 0 bridgehead atoms. The van der Waals surface area contributed by atoms with Gasteiger partial charge >= 0.3 is 5.63 Å². The van der Waals surface area contributed by atoms with Crippen molar-refractivity contribution in [1.29, 1.82) is 0 Å². The van der Waals surface area contributed by atoms with Crippen molar-refractivity contribution in [3.63, 3.8) is 0 Å². The summed E-state index contributed by atoms with van der Waals surface area (Å²) < 4.78 is 10.8. The average molecular weight is 366 g/mol. The van der Waals surface area contributed by atoms with Gasteiger partial charge in [0.25, 0.3) is 5.91 Å². The normalized spacial score (nSPS) is 16.5. The zero-order valence-electron chi connectivity index (χ0n) is 14.7. The second-order valence-corrected chi connectivity index (χ2v) is 6.36. The topological polar surface area (TPSA) is 90.5 Å². The number of carbonyl (C=O) groups excluding carboxylic acids is 1. The Kier molecular flexibility index (Phi) is 4.45. The Balaban J connectivity index is 1.42. The lowest BCUT2D eigenvalue weighted by Gasteiger charge is -2.16. The molecule has 0 unspecified atom stereocenters. The fourth-order valence-electron chi connectivity index (χ4n) is 3.05. The van der Waals surface area contributed by atoms with Gasteiger partial charge in [0.05, 0.1) is 24.5 Å². The van der Waals surface area contributed by atoms with Crippen LogP contribution >= 0.6 is 0 Å². The first-order valence-electron chi connectivity index (χ1n) is 8.64. The molecule has 8 heteroatoms. The van der Waals surface area contributed by atoms with Crippen molar-refractivity contribution in [1.82, 2.24) is 19.9 Å². The van der Waals surface area contributed by atoms with Crippen LogP contribution in [0.5, 0.6) is 5.75 Å². The van der Waals surface area contributed by atoms with Crippen molar-refractivity contribution in [3.8, 4) is 11.4 Å². The molecule has 0 spiro atoms. The quantitative estimate of drug-likeness (QED) is 0.700. The van der Waals surface area contributed by atoms with E-state index in [0.29, 0.717) is 31.0 Å². The highest BCUT2D eigenvalue weighted by molar-refractivity contribution is 5.92. The van der Waals surface area contributed by atoms with E-state index in [4.69, 9.17) is 9.15 Å². The Hall–Kier alpha value is -3.42. The minimum Gasteiger partial charge on any atom is -0.488 e. The van der Waals surface area contributed by atoms with Crippen molar-refractivity contribution in [2.24, 2.45) is 0 Å². The van der Waals surface area contributed by atoms with E-state index in [9.17, 15) is 9.59 Å².